The monoisotopic (exact) mass is 309 g/mol. The van der Waals surface area contributed by atoms with Gasteiger partial charge in [0.05, 0.1) is 5.56 Å². The van der Waals surface area contributed by atoms with E-state index in [4.69, 9.17) is 11.6 Å². The van der Waals surface area contributed by atoms with Crippen LogP contribution in [0.5, 0.6) is 5.75 Å². The molecular formula is C17H24ClNO2. The third-order valence-corrected chi connectivity index (χ3v) is 4.84. The molecule has 3 atom stereocenters. The van der Waals surface area contributed by atoms with Gasteiger partial charge in [0.15, 0.2) is 5.78 Å². The number of benzene rings is 1. The first-order valence-corrected chi connectivity index (χ1v) is 7.93. The normalized spacial score (nSPS) is 26.8. The van der Waals surface area contributed by atoms with Crippen LogP contribution in [-0.4, -0.2) is 28.4 Å². The Morgan fingerprint density at radius 1 is 1.38 bits per heavy atom. The van der Waals surface area contributed by atoms with Crippen LogP contribution in [0.3, 0.4) is 0 Å². The largest absolute Gasteiger partial charge is 0.507 e. The molecule has 21 heavy (non-hydrogen) atoms. The van der Waals surface area contributed by atoms with E-state index in [-0.39, 0.29) is 11.5 Å². The summed E-state index contributed by atoms with van der Waals surface area (Å²) in [6, 6.07) is 3.76. The standard InChI is InChI=1S/C17H24ClNO2/c1-10-5-11(2)12(3)19(8-10)9-14-6-15(18)7-16(13(4)20)17(14)21/h6-7,10-12,21H,5,8-9H2,1-4H3. The fraction of sp³-hybridized carbons (Fsp3) is 0.588. The van der Waals surface area contributed by atoms with E-state index in [9.17, 15) is 9.90 Å². The van der Waals surface area contributed by atoms with Crippen molar-refractivity contribution in [3.8, 4) is 5.75 Å². The first-order valence-electron chi connectivity index (χ1n) is 7.56. The van der Waals surface area contributed by atoms with E-state index in [2.05, 4.69) is 25.7 Å². The van der Waals surface area contributed by atoms with E-state index in [1.807, 2.05) is 0 Å². The highest BCUT2D eigenvalue weighted by molar-refractivity contribution is 6.31. The fourth-order valence-electron chi connectivity index (χ4n) is 3.30. The molecule has 0 aromatic heterocycles. The summed E-state index contributed by atoms with van der Waals surface area (Å²) in [4.78, 5) is 14.0. The topological polar surface area (TPSA) is 40.5 Å². The summed E-state index contributed by atoms with van der Waals surface area (Å²) < 4.78 is 0. The maximum Gasteiger partial charge on any atom is 0.163 e. The van der Waals surface area contributed by atoms with Gasteiger partial charge in [0.25, 0.3) is 0 Å². The van der Waals surface area contributed by atoms with Gasteiger partial charge in [-0.3, -0.25) is 9.69 Å². The molecule has 1 saturated heterocycles. The van der Waals surface area contributed by atoms with Crippen LogP contribution in [0.2, 0.25) is 5.02 Å². The van der Waals surface area contributed by atoms with Crippen LogP contribution < -0.4 is 0 Å². The van der Waals surface area contributed by atoms with Crippen molar-refractivity contribution in [3.63, 3.8) is 0 Å². The predicted octanol–water partition coefficient (Wildman–Crippen LogP) is 4.11. The number of phenols is 1. The lowest BCUT2D eigenvalue weighted by Gasteiger charge is -2.41. The number of Topliss-reactive ketones (excluding diaryl/α,β-unsaturated/α-hetero) is 1. The SMILES string of the molecule is CC(=O)c1cc(Cl)cc(CN2CC(C)CC(C)C2C)c1O. The zero-order chi connectivity index (χ0) is 15.7. The Hall–Kier alpha value is -1.06. The molecule has 1 heterocycles. The molecule has 0 aliphatic carbocycles. The number of hydrogen-bond acceptors (Lipinski definition) is 3. The Labute approximate surface area is 131 Å². The maximum absolute atomic E-state index is 11.6. The number of carbonyl (C=O) groups excluding carboxylic acids is 1. The van der Waals surface area contributed by atoms with Crippen LogP contribution >= 0.6 is 11.6 Å². The molecule has 0 saturated carbocycles. The van der Waals surface area contributed by atoms with Gasteiger partial charge in [-0.15, -0.1) is 0 Å². The van der Waals surface area contributed by atoms with E-state index in [0.29, 0.717) is 35.0 Å². The summed E-state index contributed by atoms with van der Waals surface area (Å²) in [5.41, 5.74) is 1.05. The average molecular weight is 310 g/mol. The summed E-state index contributed by atoms with van der Waals surface area (Å²) in [6.07, 6.45) is 1.23. The number of nitrogens with zero attached hydrogens (tertiary/aromatic N) is 1. The van der Waals surface area contributed by atoms with Crippen molar-refractivity contribution in [1.29, 1.82) is 0 Å². The molecule has 1 aromatic rings. The van der Waals surface area contributed by atoms with Crippen LogP contribution in [-0.2, 0) is 6.54 Å². The number of ketones is 1. The average Bonchev–Trinajstić information content (AvgIpc) is 2.38. The summed E-state index contributed by atoms with van der Waals surface area (Å²) in [5.74, 6) is 1.18. The highest BCUT2D eigenvalue weighted by Crippen LogP contribution is 2.32. The van der Waals surface area contributed by atoms with Gasteiger partial charge in [-0.2, -0.15) is 0 Å². The second-order valence-corrected chi connectivity index (χ2v) is 6.94. The number of carbonyl (C=O) groups is 1. The molecule has 1 aliphatic heterocycles. The van der Waals surface area contributed by atoms with E-state index >= 15 is 0 Å². The number of rotatable bonds is 3. The van der Waals surface area contributed by atoms with Gasteiger partial charge in [0, 0.05) is 29.7 Å². The van der Waals surface area contributed by atoms with Gasteiger partial charge < -0.3 is 5.11 Å². The number of aromatic hydroxyl groups is 1. The Morgan fingerprint density at radius 3 is 2.67 bits per heavy atom. The molecule has 1 aliphatic rings. The quantitative estimate of drug-likeness (QED) is 0.854. The second-order valence-electron chi connectivity index (χ2n) is 6.51. The van der Waals surface area contributed by atoms with Gasteiger partial charge in [-0.05, 0) is 44.2 Å². The number of likely N-dealkylation sites (tertiary alicyclic amines) is 1. The van der Waals surface area contributed by atoms with E-state index < -0.39 is 0 Å². The minimum atomic E-state index is -0.162. The molecule has 1 N–H and O–H groups in total. The van der Waals surface area contributed by atoms with Crippen LogP contribution in [0, 0.1) is 11.8 Å². The molecule has 116 valence electrons. The van der Waals surface area contributed by atoms with Crippen LogP contribution in [0.15, 0.2) is 12.1 Å². The zero-order valence-corrected chi connectivity index (χ0v) is 13.9. The molecule has 0 bridgehead atoms. The van der Waals surface area contributed by atoms with Gasteiger partial charge in [0.2, 0.25) is 0 Å². The first-order chi connectivity index (χ1) is 9.79. The summed E-state index contributed by atoms with van der Waals surface area (Å²) >= 11 is 6.10. The number of hydrogen-bond donors (Lipinski definition) is 1. The smallest absolute Gasteiger partial charge is 0.163 e. The van der Waals surface area contributed by atoms with Crippen LogP contribution in [0.25, 0.3) is 0 Å². The Bertz CT molecular complexity index is 544. The summed E-state index contributed by atoms with van der Waals surface area (Å²) in [7, 11) is 0. The molecule has 3 unspecified atom stereocenters. The highest BCUT2D eigenvalue weighted by atomic mass is 35.5. The minimum absolute atomic E-state index is 0.0741. The lowest BCUT2D eigenvalue weighted by molar-refractivity contribution is 0.0722. The van der Waals surface area contributed by atoms with Gasteiger partial charge >= 0.3 is 0 Å². The molecule has 0 amide bonds. The molecule has 1 aromatic carbocycles. The zero-order valence-electron chi connectivity index (χ0n) is 13.2. The van der Waals surface area contributed by atoms with Gasteiger partial charge in [-0.25, -0.2) is 0 Å². The third kappa shape index (κ3) is 3.58. The fourth-order valence-corrected chi connectivity index (χ4v) is 3.55. The molecular weight excluding hydrogens is 286 g/mol. The van der Waals surface area contributed by atoms with E-state index in [0.717, 1.165) is 12.1 Å². The molecule has 0 radical (unpaired) electrons. The number of halogens is 1. The minimum Gasteiger partial charge on any atom is -0.507 e. The Balaban J connectivity index is 2.28. The third-order valence-electron chi connectivity index (χ3n) is 4.63. The summed E-state index contributed by atoms with van der Waals surface area (Å²) in [5, 5.41) is 10.8. The van der Waals surface area contributed by atoms with Crippen LogP contribution in [0.1, 0.15) is 50.0 Å². The molecule has 1 fully saturated rings. The lowest BCUT2D eigenvalue weighted by Crippen LogP contribution is -2.45. The first kappa shape index (κ1) is 16.3. The van der Waals surface area contributed by atoms with Crippen LogP contribution in [0.4, 0.5) is 0 Å². The van der Waals surface area contributed by atoms with Crippen molar-refractivity contribution in [3.05, 3.63) is 28.3 Å². The van der Waals surface area contributed by atoms with Crippen molar-refractivity contribution in [2.45, 2.75) is 46.7 Å². The Morgan fingerprint density at radius 2 is 2.05 bits per heavy atom. The van der Waals surface area contributed by atoms with Crippen molar-refractivity contribution in [2.75, 3.05) is 6.54 Å². The van der Waals surface area contributed by atoms with Gasteiger partial charge in [0.1, 0.15) is 5.75 Å². The second kappa shape index (κ2) is 6.37. The van der Waals surface area contributed by atoms with Crippen molar-refractivity contribution in [2.24, 2.45) is 11.8 Å². The number of phenolic OH excluding ortho intramolecular Hbond substituents is 1. The van der Waals surface area contributed by atoms with Crippen molar-refractivity contribution < 1.29 is 9.90 Å². The molecule has 0 spiro atoms. The predicted molar refractivity (Wildman–Crippen MR) is 85.9 cm³/mol. The van der Waals surface area contributed by atoms with Crippen molar-refractivity contribution in [1.82, 2.24) is 4.90 Å². The molecule has 3 nitrogen and oxygen atoms in total. The highest BCUT2D eigenvalue weighted by Gasteiger charge is 2.29. The maximum atomic E-state index is 11.6. The lowest BCUT2D eigenvalue weighted by atomic mass is 9.85. The van der Waals surface area contributed by atoms with E-state index in [1.54, 1.807) is 6.07 Å². The van der Waals surface area contributed by atoms with Gasteiger partial charge in [-0.1, -0.05) is 25.4 Å². The van der Waals surface area contributed by atoms with E-state index in [1.165, 1.54) is 19.4 Å². The van der Waals surface area contributed by atoms with Crippen molar-refractivity contribution >= 4 is 17.4 Å². The molecule has 4 heteroatoms. The Kier molecular flexibility index (Phi) is 4.95. The summed E-state index contributed by atoms with van der Waals surface area (Å²) in [6.45, 7) is 9.84. The molecule has 2 rings (SSSR count). The number of piperidine rings is 1.